The monoisotopic (exact) mass is 234 g/mol. The molecule has 1 saturated heterocycles. The normalized spacial score (nSPS) is 23.5. The summed E-state index contributed by atoms with van der Waals surface area (Å²) in [5.41, 5.74) is 0. The highest BCUT2D eigenvalue weighted by Crippen LogP contribution is 2.29. The third kappa shape index (κ3) is 3.48. The van der Waals surface area contributed by atoms with Gasteiger partial charge in [0.05, 0.1) is 17.4 Å². The molecule has 1 rings (SSSR count). The van der Waals surface area contributed by atoms with E-state index in [-0.39, 0.29) is 23.3 Å². The topological polar surface area (TPSA) is 71.4 Å². The number of carboxylic acids is 1. The fourth-order valence-corrected chi connectivity index (χ4v) is 3.71. The molecule has 1 aliphatic rings. The molecular formula is C10H18O4S. The van der Waals surface area contributed by atoms with E-state index in [2.05, 4.69) is 0 Å². The fraction of sp³-hybridized carbons (Fsp3) is 0.900. The number of carbonyl (C=O) groups is 1. The van der Waals surface area contributed by atoms with Crippen LogP contribution in [0.1, 0.15) is 32.6 Å². The van der Waals surface area contributed by atoms with E-state index in [9.17, 15) is 13.2 Å². The first kappa shape index (κ1) is 12.5. The quantitative estimate of drug-likeness (QED) is 0.796. The van der Waals surface area contributed by atoms with Crippen LogP contribution in [0.3, 0.4) is 0 Å². The highest BCUT2D eigenvalue weighted by atomic mass is 32.2. The molecule has 0 bridgehead atoms. The summed E-state index contributed by atoms with van der Waals surface area (Å²) in [6.07, 6.45) is 2.51. The van der Waals surface area contributed by atoms with Crippen molar-refractivity contribution in [3.05, 3.63) is 0 Å². The van der Waals surface area contributed by atoms with Crippen LogP contribution in [0, 0.1) is 11.8 Å². The van der Waals surface area contributed by atoms with Gasteiger partial charge in [0.15, 0.2) is 0 Å². The Balaban J connectivity index is 2.60. The Morgan fingerprint density at radius 2 is 1.93 bits per heavy atom. The van der Waals surface area contributed by atoms with Crippen LogP contribution in [0.25, 0.3) is 0 Å². The second-order valence-electron chi connectivity index (χ2n) is 4.22. The highest BCUT2D eigenvalue weighted by molar-refractivity contribution is 7.91. The second kappa shape index (κ2) is 4.96. The van der Waals surface area contributed by atoms with Crippen LogP contribution in [0.15, 0.2) is 0 Å². The van der Waals surface area contributed by atoms with E-state index < -0.39 is 15.8 Å². The predicted octanol–water partition coefficient (Wildman–Crippen LogP) is 1.31. The molecule has 0 saturated carbocycles. The number of aliphatic carboxylic acids is 1. The van der Waals surface area contributed by atoms with E-state index in [0.29, 0.717) is 19.3 Å². The molecule has 5 heteroatoms. The minimum Gasteiger partial charge on any atom is -0.481 e. The average Bonchev–Trinajstić information content (AvgIpc) is 2.14. The standard InChI is InChI=1S/C10H18O4S/c1-2-3-9(10(11)12)8-4-6-15(13,14)7-5-8/h8-9H,2-7H2,1H3,(H,11,12). The van der Waals surface area contributed by atoms with Crippen molar-refractivity contribution >= 4 is 15.8 Å². The largest absolute Gasteiger partial charge is 0.481 e. The summed E-state index contributed by atoms with van der Waals surface area (Å²) in [5.74, 6) is -0.770. The predicted molar refractivity (Wildman–Crippen MR) is 57.4 cm³/mol. The molecule has 0 aromatic carbocycles. The highest BCUT2D eigenvalue weighted by Gasteiger charge is 2.32. The first-order valence-electron chi connectivity index (χ1n) is 5.39. The molecule has 0 radical (unpaired) electrons. The molecule has 1 fully saturated rings. The van der Waals surface area contributed by atoms with Crippen molar-refractivity contribution in [1.82, 2.24) is 0 Å². The second-order valence-corrected chi connectivity index (χ2v) is 6.53. The molecule has 88 valence electrons. The minimum absolute atomic E-state index is 0.0472. The van der Waals surface area contributed by atoms with Gasteiger partial charge in [-0.15, -0.1) is 0 Å². The van der Waals surface area contributed by atoms with Gasteiger partial charge in [0.1, 0.15) is 9.84 Å². The maximum atomic E-state index is 11.2. The molecule has 0 aromatic heterocycles. The van der Waals surface area contributed by atoms with Gasteiger partial charge in [0.2, 0.25) is 0 Å². The fourth-order valence-electron chi connectivity index (χ4n) is 2.18. The zero-order chi connectivity index (χ0) is 11.5. The molecule has 0 aromatic rings. The molecule has 1 N–H and O–H groups in total. The number of hydrogen-bond acceptors (Lipinski definition) is 3. The van der Waals surface area contributed by atoms with Gasteiger partial charge >= 0.3 is 5.97 Å². The Bertz CT molecular complexity index is 306. The van der Waals surface area contributed by atoms with Crippen molar-refractivity contribution in [2.24, 2.45) is 11.8 Å². The van der Waals surface area contributed by atoms with E-state index >= 15 is 0 Å². The lowest BCUT2D eigenvalue weighted by Gasteiger charge is -2.27. The van der Waals surface area contributed by atoms with E-state index in [4.69, 9.17) is 5.11 Å². The van der Waals surface area contributed by atoms with Gasteiger partial charge in [0.25, 0.3) is 0 Å². The van der Waals surface area contributed by atoms with Crippen LogP contribution in [-0.2, 0) is 14.6 Å². The average molecular weight is 234 g/mol. The van der Waals surface area contributed by atoms with Gasteiger partial charge in [-0.05, 0) is 25.2 Å². The van der Waals surface area contributed by atoms with Crippen molar-refractivity contribution in [1.29, 1.82) is 0 Å². The van der Waals surface area contributed by atoms with Gasteiger partial charge in [-0.3, -0.25) is 4.79 Å². The summed E-state index contributed by atoms with van der Waals surface area (Å²) in [5, 5.41) is 9.04. The maximum absolute atomic E-state index is 11.2. The van der Waals surface area contributed by atoms with Gasteiger partial charge in [-0.1, -0.05) is 13.3 Å². The molecule has 1 heterocycles. The van der Waals surface area contributed by atoms with Gasteiger partial charge < -0.3 is 5.11 Å². The van der Waals surface area contributed by atoms with Crippen molar-refractivity contribution < 1.29 is 18.3 Å². The minimum atomic E-state index is -2.88. The third-order valence-electron chi connectivity index (χ3n) is 3.09. The first-order chi connectivity index (χ1) is 6.96. The summed E-state index contributed by atoms with van der Waals surface area (Å²) < 4.78 is 22.4. The third-order valence-corrected chi connectivity index (χ3v) is 4.80. The molecule has 1 atom stereocenters. The molecular weight excluding hydrogens is 216 g/mol. The van der Waals surface area contributed by atoms with E-state index in [0.717, 1.165) is 6.42 Å². The molecule has 0 aliphatic carbocycles. The van der Waals surface area contributed by atoms with Crippen LogP contribution < -0.4 is 0 Å². The summed E-state index contributed by atoms with van der Waals surface area (Å²) in [6.45, 7) is 1.95. The Morgan fingerprint density at radius 3 is 2.33 bits per heavy atom. The summed E-state index contributed by atoms with van der Waals surface area (Å²) >= 11 is 0. The van der Waals surface area contributed by atoms with Gasteiger partial charge in [-0.2, -0.15) is 0 Å². The zero-order valence-electron chi connectivity index (χ0n) is 8.98. The van der Waals surface area contributed by atoms with Crippen LogP contribution in [0.2, 0.25) is 0 Å². The summed E-state index contributed by atoms with van der Waals surface area (Å²) in [6, 6.07) is 0. The SMILES string of the molecule is CCCC(C(=O)O)C1CCS(=O)(=O)CC1. The van der Waals surface area contributed by atoms with Crippen molar-refractivity contribution in [3.63, 3.8) is 0 Å². The summed E-state index contributed by atoms with van der Waals surface area (Å²) in [4.78, 5) is 11.0. The lowest BCUT2D eigenvalue weighted by Crippen LogP contribution is -2.31. The van der Waals surface area contributed by atoms with Crippen molar-refractivity contribution in [2.45, 2.75) is 32.6 Å². The lowest BCUT2D eigenvalue weighted by atomic mass is 9.84. The van der Waals surface area contributed by atoms with Gasteiger partial charge in [0, 0.05) is 0 Å². The summed E-state index contributed by atoms with van der Waals surface area (Å²) in [7, 11) is -2.88. The Labute approximate surface area is 90.6 Å². The number of hydrogen-bond donors (Lipinski definition) is 1. The van der Waals surface area contributed by atoms with Crippen molar-refractivity contribution in [3.8, 4) is 0 Å². The van der Waals surface area contributed by atoms with Crippen LogP contribution >= 0.6 is 0 Å². The van der Waals surface area contributed by atoms with E-state index in [1.54, 1.807) is 0 Å². The van der Waals surface area contributed by atoms with Gasteiger partial charge in [-0.25, -0.2) is 8.42 Å². The Morgan fingerprint density at radius 1 is 1.40 bits per heavy atom. The van der Waals surface area contributed by atoms with Crippen LogP contribution in [-0.4, -0.2) is 31.0 Å². The number of sulfone groups is 1. The Kier molecular flexibility index (Phi) is 4.13. The van der Waals surface area contributed by atoms with Crippen LogP contribution in [0.4, 0.5) is 0 Å². The lowest BCUT2D eigenvalue weighted by molar-refractivity contribution is -0.144. The number of rotatable bonds is 4. The van der Waals surface area contributed by atoms with Crippen molar-refractivity contribution in [2.75, 3.05) is 11.5 Å². The van der Waals surface area contributed by atoms with E-state index in [1.165, 1.54) is 0 Å². The molecule has 4 nitrogen and oxygen atoms in total. The molecule has 1 unspecified atom stereocenters. The molecule has 15 heavy (non-hydrogen) atoms. The molecule has 0 spiro atoms. The molecule has 1 aliphatic heterocycles. The first-order valence-corrected chi connectivity index (χ1v) is 7.21. The molecule has 0 amide bonds. The van der Waals surface area contributed by atoms with E-state index in [1.807, 2.05) is 6.92 Å². The number of carboxylic acid groups (broad SMARTS) is 1. The Hall–Kier alpha value is -0.580. The van der Waals surface area contributed by atoms with Crippen LogP contribution in [0.5, 0.6) is 0 Å². The smallest absolute Gasteiger partial charge is 0.306 e. The maximum Gasteiger partial charge on any atom is 0.306 e. The zero-order valence-corrected chi connectivity index (χ0v) is 9.79.